The lowest BCUT2D eigenvalue weighted by molar-refractivity contribution is 0.0432. The first kappa shape index (κ1) is 8.88. The van der Waals surface area contributed by atoms with Gasteiger partial charge in [0.25, 0.3) is 0 Å². The van der Waals surface area contributed by atoms with Crippen molar-refractivity contribution in [1.82, 2.24) is 0 Å². The van der Waals surface area contributed by atoms with Gasteiger partial charge in [-0.1, -0.05) is 6.92 Å². The largest absolute Gasteiger partial charge is 0.389 e. The lowest BCUT2D eigenvalue weighted by Gasteiger charge is -2.06. The molecule has 3 heteroatoms. The molecule has 0 aliphatic carbocycles. The Morgan fingerprint density at radius 1 is 1.67 bits per heavy atom. The second-order valence-electron chi connectivity index (χ2n) is 1.82. The highest BCUT2D eigenvalue weighted by Gasteiger charge is 1.97. The minimum atomic E-state index is -0.517. The van der Waals surface area contributed by atoms with Gasteiger partial charge in [-0.05, 0) is 6.42 Å². The van der Waals surface area contributed by atoms with E-state index in [0.717, 1.165) is 6.42 Å². The third kappa shape index (κ3) is 5.76. The van der Waals surface area contributed by atoms with Gasteiger partial charge in [0.2, 0.25) is 0 Å². The second kappa shape index (κ2) is 6.01. The fourth-order valence-corrected chi connectivity index (χ4v) is 0.389. The molecular weight excluding hydrogens is 118 g/mol. The summed E-state index contributed by atoms with van der Waals surface area (Å²) in [4.78, 5) is 0. The monoisotopic (exact) mass is 132 g/mol. The zero-order chi connectivity index (χ0) is 7.11. The van der Waals surface area contributed by atoms with Gasteiger partial charge in [-0.25, -0.2) is 0 Å². The first-order chi connectivity index (χ1) is 4.31. The molecule has 0 aliphatic heterocycles. The topological polar surface area (TPSA) is 55.5 Å². The van der Waals surface area contributed by atoms with E-state index in [-0.39, 0.29) is 6.54 Å². The zero-order valence-corrected chi connectivity index (χ0v) is 5.55. The van der Waals surface area contributed by atoms with E-state index in [4.69, 9.17) is 15.6 Å². The normalized spacial score (nSPS) is 13.7. The molecule has 3 N–H and O–H groups in total. The van der Waals surface area contributed by atoms with Crippen molar-refractivity contribution in [3.8, 4) is 0 Å². The lowest BCUT2D eigenvalue weighted by Crippen LogP contribution is -2.25. The Hall–Kier alpha value is -0.120. The molecule has 1 atom stereocenters. The standard InChI is InChI=1S/C6H14NO2/c1-2-3-9-5-6(8)4-7/h6,8H,1-5,7H2. The highest BCUT2D eigenvalue weighted by molar-refractivity contribution is 4.52. The van der Waals surface area contributed by atoms with E-state index < -0.39 is 6.10 Å². The first-order valence-electron chi connectivity index (χ1n) is 3.06. The maximum absolute atomic E-state index is 8.81. The molecule has 0 bridgehead atoms. The number of hydrogen-bond acceptors (Lipinski definition) is 3. The molecule has 0 fully saturated rings. The third-order valence-electron chi connectivity index (χ3n) is 0.871. The molecule has 0 aromatic heterocycles. The summed E-state index contributed by atoms with van der Waals surface area (Å²) in [6.45, 7) is 4.75. The van der Waals surface area contributed by atoms with E-state index in [0.29, 0.717) is 13.2 Å². The van der Waals surface area contributed by atoms with Gasteiger partial charge in [-0.3, -0.25) is 0 Å². The van der Waals surface area contributed by atoms with E-state index in [2.05, 4.69) is 6.92 Å². The van der Waals surface area contributed by atoms with Crippen molar-refractivity contribution < 1.29 is 9.84 Å². The highest BCUT2D eigenvalue weighted by Crippen LogP contribution is 1.83. The van der Waals surface area contributed by atoms with Crippen LogP contribution in [0.3, 0.4) is 0 Å². The molecule has 3 nitrogen and oxygen atoms in total. The molecule has 0 heterocycles. The van der Waals surface area contributed by atoms with Gasteiger partial charge in [-0.2, -0.15) is 0 Å². The molecule has 0 saturated heterocycles. The average molecular weight is 132 g/mol. The Kier molecular flexibility index (Phi) is 5.93. The molecule has 0 rings (SSSR count). The van der Waals surface area contributed by atoms with Crippen LogP contribution in [0, 0.1) is 6.92 Å². The van der Waals surface area contributed by atoms with Gasteiger partial charge < -0.3 is 15.6 Å². The first-order valence-corrected chi connectivity index (χ1v) is 3.06. The smallest absolute Gasteiger partial charge is 0.0895 e. The third-order valence-corrected chi connectivity index (χ3v) is 0.871. The summed E-state index contributed by atoms with van der Waals surface area (Å²) >= 11 is 0. The minimum Gasteiger partial charge on any atom is -0.389 e. The van der Waals surface area contributed by atoms with Crippen LogP contribution < -0.4 is 5.73 Å². The Balaban J connectivity index is 2.88. The Morgan fingerprint density at radius 2 is 2.33 bits per heavy atom. The molecule has 0 aliphatic rings. The Bertz CT molecular complexity index is 59.0. The fourth-order valence-electron chi connectivity index (χ4n) is 0.389. The summed E-state index contributed by atoms with van der Waals surface area (Å²) in [5, 5.41) is 8.81. The number of ether oxygens (including phenoxy) is 1. The fraction of sp³-hybridized carbons (Fsp3) is 0.833. The second-order valence-corrected chi connectivity index (χ2v) is 1.82. The summed E-state index contributed by atoms with van der Waals surface area (Å²) in [5.41, 5.74) is 5.11. The SMILES string of the molecule is [CH2]CCOCC(O)CN. The molecule has 55 valence electrons. The summed E-state index contributed by atoms with van der Waals surface area (Å²) < 4.78 is 4.94. The van der Waals surface area contributed by atoms with Crippen LogP contribution in [0.2, 0.25) is 0 Å². The van der Waals surface area contributed by atoms with E-state index in [1.54, 1.807) is 0 Å². The van der Waals surface area contributed by atoms with Gasteiger partial charge in [-0.15, -0.1) is 0 Å². The Labute approximate surface area is 55.8 Å². The van der Waals surface area contributed by atoms with Gasteiger partial charge in [0, 0.05) is 13.2 Å². The van der Waals surface area contributed by atoms with E-state index in [1.165, 1.54) is 0 Å². The minimum absolute atomic E-state index is 0.261. The van der Waals surface area contributed by atoms with Crippen LogP contribution >= 0.6 is 0 Å². The van der Waals surface area contributed by atoms with Crippen molar-refractivity contribution in [2.75, 3.05) is 19.8 Å². The van der Waals surface area contributed by atoms with Crippen molar-refractivity contribution in [3.63, 3.8) is 0 Å². The molecular formula is C6H14NO2. The van der Waals surface area contributed by atoms with Crippen molar-refractivity contribution in [1.29, 1.82) is 0 Å². The summed E-state index contributed by atoms with van der Waals surface area (Å²) in [7, 11) is 0. The van der Waals surface area contributed by atoms with Crippen molar-refractivity contribution in [2.24, 2.45) is 5.73 Å². The van der Waals surface area contributed by atoms with Crippen LogP contribution in [0.25, 0.3) is 0 Å². The molecule has 0 saturated carbocycles. The van der Waals surface area contributed by atoms with E-state index >= 15 is 0 Å². The van der Waals surface area contributed by atoms with Crippen LogP contribution in [0.4, 0.5) is 0 Å². The van der Waals surface area contributed by atoms with Crippen LogP contribution in [-0.2, 0) is 4.74 Å². The molecule has 9 heavy (non-hydrogen) atoms. The van der Waals surface area contributed by atoms with E-state index in [9.17, 15) is 0 Å². The quantitative estimate of drug-likeness (QED) is 0.498. The number of aliphatic hydroxyl groups is 1. The number of nitrogens with two attached hydrogens (primary N) is 1. The molecule has 1 radical (unpaired) electrons. The summed E-state index contributed by atoms with van der Waals surface area (Å²) in [5.74, 6) is 0. The zero-order valence-electron chi connectivity index (χ0n) is 5.55. The predicted molar refractivity (Wildman–Crippen MR) is 35.9 cm³/mol. The van der Waals surface area contributed by atoms with Crippen LogP contribution in [0.1, 0.15) is 6.42 Å². The van der Waals surface area contributed by atoms with Gasteiger partial charge in [0.1, 0.15) is 0 Å². The lowest BCUT2D eigenvalue weighted by atomic mass is 10.4. The molecule has 0 spiro atoms. The summed E-state index contributed by atoms with van der Waals surface area (Å²) in [6.07, 6.45) is 0.216. The number of rotatable bonds is 5. The van der Waals surface area contributed by atoms with E-state index in [1.807, 2.05) is 0 Å². The maximum atomic E-state index is 8.81. The number of hydrogen-bond donors (Lipinski definition) is 2. The maximum Gasteiger partial charge on any atom is 0.0895 e. The van der Waals surface area contributed by atoms with Crippen LogP contribution in [-0.4, -0.2) is 31.0 Å². The predicted octanol–water partition coefficient (Wildman–Crippen LogP) is -0.453. The molecule has 1 unspecified atom stereocenters. The Morgan fingerprint density at radius 3 is 2.78 bits per heavy atom. The van der Waals surface area contributed by atoms with Gasteiger partial charge in [0.05, 0.1) is 12.7 Å². The van der Waals surface area contributed by atoms with Crippen LogP contribution in [0.15, 0.2) is 0 Å². The van der Waals surface area contributed by atoms with Crippen LogP contribution in [0.5, 0.6) is 0 Å². The molecule has 0 aromatic carbocycles. The highest BCUT2D eigenvalue weighted by atomic mass is 16.5. The van der Waals surface area contributed by atoms with Crippen molar-refractivity contribution in [2.45, 2.75) is 12.5 Å². The van der Waals surface area contributed by atoms with Crippen molar-refractivity contribution in [3.05, 3.63) is 6.92 Å². The molecule has 0 aromatic rings. The molecule has 0 amide bonds. The number of aliphatic hydroxyl groups excluding tert-OH is 1. The van der Waals surface area contributed by atoms with Crippen molar-refractivity contribution >= 4 is 0 Å². The van der Waals surface area contributed by atoms with Gasteiger partial charge >= 0.3 is 0 Å². The average Bonchev–Trinajstić information content (AvgIpc) is 1.89. The van der Waals surface area contributed by atoms with Gasteiger partial charge in [0.15, 0.2) is 0 Å². The summed E-state index contributed by atoms with van der Waals surface area (Å²) in [6, 6.07) is 0.